The maximum atomic E-state index is 13.1. The molecule has 0 aliphatic carbocycles. The smallest absolute Gasteiger partial charge is 0.354 e. The van der Waals surface area contributed by atoms with Gasteiger partial charge in [0.25, 0.3) is 0 Å². The minimum Gasteiger partial charge on any atom is -0.464 e. The lowest BCUT2D eigenvalue weighted by Crippen LogP contribution is -2.48. The third-order valence-electron chi connectivity index (χ3n) is 4.93. The van der Waals surface area contributed by atoms with Gasteiger partial charge in [0.05, 0.1) is 7.11 Å². The van der Waals surface area contributed by atoms with Gasteiger partial charge >= 0.3 is 5.97 Å². The SMILES string of the molecule is COC(=O)c1cc(S(=O)(=O)N2CCN(c3ccc(F)cc3)CC2)c(C)n1C. The van der Waals surface area contributed by atoms with Crippen molar-refractivity contribution in [2.45, 2.75) is 11.8 Å². The molecule has 0 N–H and O–H groups in total. The Bertz CT molecular complexity index is 946. The normalized spacial score (nSPS) is 15.8. The largest absolute Gasteiger partial charge is 0.464 e. The van der Waals surface area contributed by atoms with E-state index in [-0.39, 0.29) is 16.4 Å². The van der Waals surface area contributed by atoms with Crippen LogP contribution in [-0.2, 0) is 21.8 Å². The second-order valence-electron chi connectivity index (χ2n) is 6.40. The predicted molar refractivity (Wildman–Crippen MR) is 98.9 cm³/mol. The van der Waals surface area contributed by atoms with E-state index in [2.05, 4.69) is 0 Å². The fraction of sp³-hybridized carbons (Fsp3) is 0.389. The summed E-state index contributed by atoms with van der Waals surface area (Å²) in [6.45, 7) is 3.28. The molecule has 0 radical (unpaired) electrons. The minimum absolute atomic E-state index is 0.112. The van der Waals surface area contributed by atoms with Gasteiger partial charge in [-0.15, -0.1) is 0 Å². The van der Waals surface area contributed by atoms with Crippen LogP contribution in [0.5, 0.6) is 0 Å². The van der Waals surface area contributed by atoms with E-state index in [1.54, 1.807) is 26.1 Å². The molecule has 0 amide bonds. The van der Waals surface area contributed by atoms with Crippen LogP contribution in [0.4, 0.5) is 10.1 Å². The molecular formula is C18H22FN3O4S. The van der Waals surface area contributed by atoms with E-state index < -0.39 is 16.0 Å². The maximum absolute atomic E-state index is 13.1. The van der Waals surface area contributed by atoms with Gasteiger partial charge in [-0.1, -0.05) is 0 Å². The number of carbonyl (C=O) groups is 1. The van der Waals surface area contributed by atoms with Crippen LogP contribution < -0.4 is 4.90 Å². The van der Waals surface area contributed by atoms with Crippen LogP contribution in [0.3, 0.4) is 0 Å². The number of anilines is 1. The Morgan fingerprint density at radius 2 is 1.70 bits per heavy atom. The number of benzene rings is 1. The average molecular weight is 395 g/mol. The summed E-state index contributed by atoms with van der Waals surface area (Å²) in [5.41, 5.74) is 1.53. The van der Waals surface area contributed by atoms with Crippen molar-refractivity contribution in [2.75, 3.05) is 38.2 Å². The molecule has 0 unspecified atom stereocenters. The lowest BCUT2D eigenvalue weighted by atomic mass is 10.2. The van der Waals surface area contributed by atoms with E-state index in [1.165, 1.54) is 34.2 Å². The fourth-order valence-corrected chi connectivity index (χ4v) is 4.90. The molecule has 1 aliphatic heterocycles. The standard InChI is InChI=1S/C18H22FN3O4S/c1-13-17(12-16(20(13)2)18(23)26-3)27(24,25)22-10-8-21(9-11-22)15-6-4-14(19)5-7-15/h4-7,12H,8-11H2,1-3H3. The van der Waals surface area contributed by atoms with Crippen molar-refractivity contribution < 1.29 is 22.3 Å². The van der Waals surface area contributed by atoms with Crippen molar-refractivity contribution in [1.29, 1.82) is 0 Å². The van der Waals surface area contributed by atoms with Crippen LogP contribution in [0.25, 0.3) is 0 Å². The molecule has 3 rings (SSSR count). The number of hydrogen-bond donors (Lipinski definition) is 0. The number of ether oxygens (including phenoxy) is 1. The molecule has 7 nitrogen and oxygen atoms in total. The van der Waals surface area contributed by atoms with Crippen molar-refractivity contribution in [3.8, 4) is 0 Å². The molecule has 2 aromatic rings. The van der Waals surface area contributed by atoms with Crippen LogP contribution in [-0.4, -0.2) is 56.5 Å². The number of aromatic nitrogens is 1. The van der Waals surface area contributed by atoms with Gasteiger partial charge in [0.2, 0.25) is 10.0 Å². The van der Waals surface area contributed by atoms with Gasteiger partial charge in [0, 0.05) is 44.6 Å². The van der Waals surface area contributed by atoms with Gasteiger partial charge in [-0.2, -0.15) is 4.31 Å². The second-order valence-corrected chi connectivity index (χ2v) is 8.30. The molecule has 1 fully saturated rings. The van der Waals surface area contributed by atoms with Crippen molar-refractivity contribution in [1.82, 2.24) is 8.87 Å². The maximum Gasteiger partial charge on any atom is 0.354 e. The Morgan fingerprint density at radius 3 is 2.26 bits per heavy atom. The zero-order chi connectivity index (χ0) is 19.8. The van der Waals surface area contributed by atoms with Gasteiger partial charge in [0.15, 0.2) is 0 Å². The molecule has 0 bridgehead atoms. The van der Waals surface area contributed by atoms with Crippen LogP contribution in [0.15, 0.2) is 35.2 Å². The number of rotatable bonds is 4. The summed E-state index contributed by atoms with van der Waals surface area (Å²) < 4.78 is 46.9. The Labute approximate surface area is 158 Å². The summed E-state index contributed by atoms with van der Waals surface area (Å²) in [4.78, 5) is 14.0. The Hall–Kier alpha value is -2.39. The van der Waals surface area contributed by atoms with Crippen molar-refractivity contribution in [2.24, 2.45) is 7.05 Å². The van der Waals surface area contributed by atoms with E-state index in [0.29, 0.717) is 31.9 Å². The van der Waals surface area contributed by atoms with E-state index in [4.69, 9.17) is 4.74 Å². The lowest BCUT2D eigenvalue weighted by Gasteiger charge is -2.35. The molecule has 0 atom stereocenters. The molecule has 1 saturated heterocycles. The Morgan fingerprint density at radius 1 is 1.11 bits per heavy atom. The summed E-state index contributed by atoms with van der Waals surface area (Å²) in [5.74, 6) is -0.885. The minimum atomic E-state index is -3.73. The quantitative estimate of drug-likeness (QED) is 0.738. The molecule has 0 saturated carbocycles. The van der Waals surface area contributed by atoms with Crippen molar-refractivity contribution in [3.05, 3.63) is 47.5 Å². The summed E-state index contributed by atoms with van der Waals surface area (Å²) in [6.07, 6.45) is 0. The van der Waals surface area contributed by atoms with Gasteiger partial charge in [-0.3, -0.25) is 0 Å². The molecule has 2 heterocycles. The first-order valence-electron chi connectivity index (χ1n) is 8.51. The highest BCUT2D eigenvalue weighted by Crippen LogP contribution is 2.26. The summed E-state index contributed by atoms with van der Waals surface area (Å²) >= 11 is 0. The topological polar surface area (TPSA) is 71.8 Å². The van der Waals surface area contributed by atoms with Crippen LogP contribution in [0, 0.1) is 12.7 Å². The summed E-state index contributed by atoms with van der Waals surface area (Å²) in [5, 5.41) is 0. The number of nitrogens with zero attached hydrogens (tertiary/aromatic N) is 3. The molecule has 9 heteroatoms. The highest BCUT2D eigenvalue weighted by molar-refractivity contribution is 7.89. The number of carbonyl (C=O) groups excluding carboxylic acids is 1. The highest BCUT2D eigenvalue weighted by atomic mass is 32.2. The average Bonchev–Trinajstić information content (AvgIpc) is 2.97. The molecule has 1 aromatic carbocycles. The summed E-state index contributed by atoms with van der Waals surface area (Å²) in [6, 6.07) is 7.51. The highest BCUT2D eigenvalue weighted by Gasteiger charge is 2.32. The van der Waals surface area contributed by atoms with Gasteiger partial charge < -0.3 is 14.2 Å². The van der Waals surface area contributed by atoms with Crippen molar-refractivity contribution >= 4 is 21.7 Å². The Balaban J connectivity index is 1.79. The van der Waals surface area contributed by atoms with E-state index in [9.17, 15) is 17.6 Å². The number of piperazine rings is 1. The third-order valence-corrected chi connectivity index (χ3v) is 6.95. The van der Waals surface area contributed by atoms with E-state index in [1.807, 2.05) is 4.90 Å². The van der Waals surface area contributed by atoms with E-state index in [0.717, 1.165) is 5.69 Å². The first-order chi connectivity index (χ1) is 12.8. The number of hydrogen-bond acceptors (Lipinski definition) is 5. The third kappa shape index (κ3) is 3.57. The van der Waals surface area contributed by atoms with Crippen LogP contribution in [0.1, 0.15) is 16.2 Å². The number of esters is 1. The number of methoxy groups -OCH3 is 1. The Kier molecular flexibility index (Phi) is 5.25. The zero-order valence-electron chi connectivity index (χ0n) is 15.5. The lowest BCUT2D eigenvalue weighted by molar-refractivity contribution is 0.0589. The van der Waals surface area contributed by atoms with Crippen LogP contribution in [0.2, 0.25) is 0 Å². The first-order valence-corrected chi connectivity index (χ1v) is 9.95. The van der Waals surface area contributed by atoms with Gasteiger partial charge in [-0.05, 0) is 37.3 Å². The molecule has 1 aromatic heterocycles. The molecule has 27 heavy (non-hydrogen) atoms. The second kappa shape index (κ2) is 7.32. The van der Waals surface area contributed by atoms with E-state index >= 15 is 0 Å². The zero-order valence-corrected chi connectivity index (χ0v) is 16.3. The monoisotopic (exact) mass is 395 g/mol. The van der Waals surface area contributed by atoms with Crippen molar-refractivity contribution in [3.63, 3.8) is 0 Å². The van der Waals surface area contributed by atoms with Crippen LogP contribution >= 0.6 is 0 Å². The number of halogens is 1. The first kappa shape index (κ1) is 19.4. The molecule has 146 valence electrons. The molecular weight excluding hydrogens is 373 g/mol. The predicted octanol–water partition coefficient (Wildman–Crippen LogP) is 1.77. The molecule has 0 spiro atoms. The summed E-state index contributed by atoms with van der Waals surface area (Å²) in [7, 11) is -0.841. The van der Waals surface area contributed by atoms with Gasteiger partial charge in [0.1, 0.15) is 16.4 Å². The van der Waals surface area contributed by atoms with Gasteiger partial charge in [-0.25, -0.2) is 17.6 Å². The number of sulfonamides is 1. The fourth-order valence-electron chi connectivity index (χ4n) is 3.21. The molecule has 1 aliphatic rings.